The van der Waals surface area contributed by atoms with Gasteiger partial charge in [-0.2, -0.15) is 5.26 Å². The first kappa shape index (κ1) is 8.98. The summed E-state index contributed by atoms with van der Waals surface area (Å²) in [6.45, 7) is 1.31. The van der Waals surface area contributed by atoms with E-state index in [1.54, 1.807) is 0 Å². The number of nitrogens with zero attached hydrogens (tertiary/aromatic N) is 1. The highest BCUT2D eigenvalue weighted by atomic mass is 19.1. The molecule has 12 heavy (non-hydrogen) atoms. The average molecular weight is 171 g/mol. The molecule has 1 rings (SSSR count). The van der Waals surface area contributed by atoms with Gasteiger partial charge in [0.1, 0.15) is 12.8 Å². The second-order valence-electron chi connectivity index (χ2n) is 3.15. The summed E-state index contributed by atoms with van der Waals surface area (Å²) < 4.78 is 17.4. The SMILES string of the molecule is CC(=O)OCC1(CC#N)CC1F. The Morgan fingerprint density at radius 3 is 2.83 bits per heavy atom. The molecule has 1 fully saturated rings. The molecule has 2 atom stereocenters. The van der Waals surface area contributed by atoms with Crippen LogP contribution in [0, 0.1) is 16.7 Å². The highest BCUT2D eigenvalue weighted by molar-refractivity contribution is 5.66. The number of hydrogen-bond acceptors (Lipinski definition) is 3. The first-order valence-corrected chi connectivity index (χ1v) is 3.75. The standard InChI is InChI=1S/C8H10FNO2/c1-6(11)12-5-8(2-3-10)4-7(8)9/h7H,2,4-5H2,1H3. The van der Waals surface area contributed by atoms with Gasteiger partial charge in [0.25, 0.3) is 0 Å². The molecule has 4 heteroatoms. The summed E-state index contributed by atoms with van der Waals surface area (Å²) in [7, 11) is 0. The molecule has 66 valence electrons. The lowest BCUT2D eigenvalue weighted by Gasteiger charge is -2.09. The number of esters is 1. The van der Waals surface area contributed by atoms with E-state index in [0.29, 0.717) is 6.42 Å². The van der Waals surface area contributed by atoms with E-state index in [1.165, 1.54) is 6.92 Å². The molecular formula is C8H10FNO2. The minimum absolute atomic E-state index is 0.0388. The van der Waals surface area contributed by atoms with Gasteiger partial charge in [-0.3, -0.25) is 4.79 Å². The minimum atomic E-state index is -0.975. The van der Waals surface area contributed by atoms with E-state index in [1.807, 2.05) is 6.07 Å². The van der Waals surface area contributed by atoms with E-state index in [2.05, 4.69) is 4.74 Å². The third-order valence-corrected chi connectivity index (χ3v) is 2.08. The van der Waals surface area contributed by atoms with Gasteiger partial charge in [-0.15, -0.1) is 0 Å². The van der Waals surface area contributed by atoms with Crippen LogP contribution in [0.4, 0.5) is 4.39 Å². The molecular weight excluding hydrogens is 161 g/mol. The van der Waals surface area contributed by atoms with E-state index in [-0.39, 0.29) is 13.0 Å². The zero-order valence-corrected chi connectivity index (χ0v) is 6.84. The first-order valence-electron chi connectivity index (χ1n) is 3.75. The molecule has 0 bridgehead atoms. The Labute approximate surface area is 70.1 Å². The van der Waals surface area contributed by atoms with Crippen LogP contribution < -0.4 is 0 Å². The van der Waals surface area contributed by atoms with E-state index >= 15 is 0 Å². The second kappa shape index (κ2) is 3.10. The Bertz CT molecular complexity index is 236. The van der Waals surface area contributed by atoms with Gasteiger partial charge in [-0.05, 0) is 6.42 Å². The number of carbonyl (C=O) groups excluding carboxylic acids is 1. The minimum Gasteiger partial charge on any atom is -0.465 e. The Morgan fingerprint density at radius 1 is 1.92 bits per heavy atom. The van der Waals surface area contributed by atoms with Crippen molar-refractivity contribution < 1.29 is 13.9 Å². The molecule has 0 spiro atoms. The Hall–Kier alpha value is -1.11. The monoisotopic (exact) mass is 171 g/mol. The molecule has 0 amide bonds. The van der Waals surface area contributed by atoms with Crippen LogP contribution in [-0.4, -0.2) is 18.7 Å². The van der Waals surface area contributed by atoms with Crippen molar-refractivity contribution in [2.24, 2.45) is 5.41 Å². The van der Waals surface area contributed by atoms with Crippen molar-refractivity contribution in [3.8, 4) is 6.07 Å². The molecule has 0 N–H and O–H groups in total. The first-order chi connectivity index (χ1) is 5.60. The van der Waals surface area contributed by atoms with Crippen LogP contribution in [0.15, 0.2) is 0 Å². The molecule has 3 nitrogen and oxygen atoms in total. The molecule has 0 radical (unpaired) electrons. The van der Waals surface area contributed by atoms with Crippen LogP contribution in [0.5, 0.6) is 0 Å². The lowest BCUT2D eigenvalue weighted by Crippen LogP contribution is -2.15. The Balaban J connectivity index is 2.38. The van der Waals surface area contributed by atoms with Crippen LogP contribution in [0.25, 0.3) is 0 Å². The molecule has 0 aromatic carbocycles. The van der Waals surface area contributed by atoms with Crippen LogP contribution in [0.2, 0.25) is 0 Å². The van der Waals surface area contributed by atoms with Gasteiger partial charge >= 0.3 is 5.97 Å². The Morgan fingerprint density at radius 2 is 2.50 bits per heavy atom. The second-order valence-corrected chi connectivity index (χ2v) is 3.15. The number of rotatable bonds is 3. The molecule has 1 aliphatic rings. The number of alkyl halides is 1. The maximum atomic E-state index is 12.7. The maximum Gasteiger partial charge on any atom is 0.302 e. The van der Waals surface area contributed by atoms with E-state index in [4.69, 9.17) is 5.26 Å². The van der Waals surface area contributed by atoms with E-state index in [9.17, 15) is 9.18 Å². The fourth-order valence-electron chi connectivity index (χ4n) is 1.08. The predicted octanol–water partition coefficient (Wildman–Crippen LogP) is 1.19. The smallest absolute Gasteiger partial charge is 0.302 e. The number of nitriles is 1. The molecule has 0 aromatic rings. The molecule has 0 heterocycles. The van der Waals surface area contributed by atoms with Gasteiger partial charge in [0.05, 0.1) is 11.5 Å². The van der Waals surface area contributed by atoms with Crippen molar-refractivity contribution in [3.05, 3.63) is 0 Å². The summed E-state index contributed by atoms with van der Waals surface area (Å²) in [5.74, 6) is -0.425. The highest BCUT2D eigenvalue weighted by Crippen LogP contribution is 2.51. The van der Waals surface area contributed by atoms with Crippen LogP contribution in [0.1, 0.15) is 19.8 Å². The summed E-state index contributed by atoms with van der Waals surface area (Å²) in [4.78, 5) is 10.4. The van der Waals surface area contributed by atoms with Crippen molar-refractivity contribution in [3.63, 3.8) is 0 Å². The van der Waals surface area contributed by atoms with E-state index < -0.39 is 17.6 Å². The van der Waals surface area contributed by atoms with Crippen molar-refractivity contribution in [2.45, 2.75) is 25.9 Å². The van der Waals surface area contributed by atoms with Gasteiger partial charge in [-0.1, -0.05) is 0 Å². The maximum absolute atomic E-state index is 12.7. The Kier molecular flexibility index (Phi) is 2.32. The lowest BCUT2D eigenvalue weighted by atomic mass is 10.1. The quantitative estimate of drug-likeness (QED) is 0.599. The summed E-state index contributed by atoms with van der Waals surface area (Å²) in [5, 5.41) is 8.37. The third-order valence-electron chi connectivity index (χ3n) is 2.08. The van der Waals surface area contributed by atoms with Gasteiger partial charge in [0, 0.05) is 13.3 Å². The third kappa shape index (κ3) is 1.73. The van der Waals surface area contributed by atoms with Crippen molar-refractivity contribution in [1.29, 1.82) is 5.26 Å². The lowest BCUT2D eigenvalue weighted by molar-refractivity contribution is -0.143. The van der Waals surface area contributed by atoms with Crippen molar-refractivity contribution in [2.75, 3.05) is 6.61 Å². The van der Waals surface area contributed by atoms with E-state index in [0.717, 1.165) is 0 Å². The number of halogens is 1. The van der Waals surface area contributed by atoms with Crippen LogP contribution in [-0.2, 0) is 9.53 Å². The topological polar surface area (TPSA) is 50.1 Å². The van der Waals surface area contributed by atoms with Gasteiger partial charge in [0.2, 0.25) is 0 Å². The fraction of sp³-hybridized carbons (Fsp3) is 0.750. The summed E-state index contributed by atoms with van der Waals surface area (Å²) >= 11 is 0. The van der Waals surface area contributed by atoms with Crippen molar-refractivity contribution in [1.82, 2.24) is 0 Å². The summed E-state index contributed by atoms with van der Waals surface area (Å²) in [6, 6.07) is 1.89. The van der Waals surface area contributed by atoms with Crippen LogP contribution >= 0.6 is 0 Å². The average Bonchev–Trinajstić information content (AvgIpc) is 2.60. The molecule has 2 unspecified atom stereocenters. The molecule has 0 saturated heterocycles. The van der Waals surface area contributed by atoms with Gasteiger partial charge in [0.15, 0.2) is 0 Å². The normalized spacial score (nSPS) is 32.2. The zero-order chi connectivity index (χ0) is 9.19. The van der Waals surface area contributed by atoms with Crippen molar-refractivity contribution >= 4 is 5.97 Å². The summed E-state index contributed by atoms with van der Waals surface area (Å²) in [5.41, 5.74) is -0.680. The summed E-state index contributed by atoms with van der Waals surface area (Å²) in [6.07, 6.45) is -0.508. The number of carbonyl (C=O) groups is 1. The van der Waals surface area contributed by atoms with Crippen LogP contribution in [0.3, 0.4) is 0 Å². The van der Waals surface area contributed by atoms with Gasteiger partial charge < -0.3 is 4.74 Å². The fourth-order valence-corrected chi connectivity index (χ4v) is 1.08. The predicted molar refractivity (Wildman–Crippen MR) is 38.8 cm³/mol. The molecule has 1 aliphatic carbocycles. The molecule has 0 aromatic heterocycles. The molecule has 1 saturated carbocycles. The number of ether oxygens (including phenoxy) is 1. The highest BCUT2D eigenvalue weighted by Gasteiger charge is 2.56. The zero-order valence-electron chi connectivity index (χ0n) is 6.84. The number of hydrogen-bond donors (Lipinski definition) is 0. The van der Waals surface area contributed by atoms with Gasteiger partial charge in [-0.25, -0.2) is 4.39 Å². The molecule has 0 aliphatic heterocycles. The largest absolute Gasteiger partial charge is 0.465 e.